The van der Waals surface area contributed by atoms with Crippen LogP contribution in [0.2, 0.25) is 0 Å². The lowest BCUT2D eigenvalue weighted by molar-refractivity contribution is -0.232. The van der Waals surface area contributed by atoms with Crippen LogP contribution in [0.1, 0.15) is 21.5 Å². The molecule has 2 atom stereocenters. The number of rotatable bonds is 9. The number of nitrogens with one attached hydrogen (secondary N) is 1. The predicted molar refractivity (Wildman–Crippen MR) is 193 cm³/mol. The second-order valence-corrected chi connectivity index (χ2v) is 12.5. The lowest BCUT2D eigenvalue weighted by Crippen LogP contribution is -2.48. The number of hydrogen-bond acceptors (Lipinski definition) is 14. The van der Waals surface area contributed by atoms with E-state index < -0.39 is 42.0 Å². The van der Waals surface area contributed by atoms with Gasteiger partial charge in [-0.3, -0.25) is 9.69 Å². The van der Waals surface area contributed by atoms with Crippen molar-refractivity contribution >= 4 is 45.8 Å². The number of aliphatic hydroxyl groups is 5. The number of aliphatic hydroxyl groups excluding tert-OH is 4. The Bertz CT molecular complexity index is 2020. The van der Waals surface area contributed by atoms with Crippen LogP contribution >= 0.6 is 0 Å². The number of hydrogen-bond donors (Lipinski definition) is 7. The number of aromatic nitrogens is 1. The summed E-state index contributed by atoms with van der Waals surface area (Å²) in [5.41, 5.74) is 4.34. The maximum atomic E-state index is 12.9. The van der Waals surface area contributed by atoms with Gasteiger partial charge in [-0.25, -0.2) is 14.6 Å². The zero-order valence-corrected chi connectivity index (χ0v) is 29.3. The van der Waals surface area contributed by atoms with E-state index in [-0.39, 0.29) is 11.8 Å². The summed E-state index contributed by atoms with van der Waals surface area (Å²) < 4.78 is 8.89. The van der Waals surface area contributed by atoms with Crippen LogP contribution < -0.4 is 4.90 Å². The Hall–Kier alpha value is -5.78. The molecular formula is C37H41N5O11. The fourth-order valence-electron chi connectivity index (χ4n) is 5.71. The van der Waals surface area contributed by atoms with Crippen LogP contribution in [-0.2, 0) is 19.1 Å². The molecule has 1 amide bonds. The summed E-state index contributed by atoms with van der Waals surface area (Å²) in [5, 5.41) is 56.0. The predicted octanol–water partition coefficient (Wildman–Crippen LogP) is 1.95. The molecule has 1 saturated heterocycles. The zero-order chi connectivity index (χ0) is 38.4. The highest BCUT2D eigenvalue weighted by molar-refractivity contribution is 6.22. The zero-order valence-electron chi connectivity index (χ0n) is 29.3. The number of carbonyl (C=O) groups excluding carboxylic acids is 3. The Morgan fingerprint density at radius 3 is 2.25 bits per heavy atom. The summed E-state index contributed by atoms with van der Waals surface area (Å²) in [6, 6.07) is 22.2. The number of H-pyrrole nitrogens is 1. The van der Waals surface area contributed by atoms with Gasteiger partial charge >= 0.3 is 17.7 Å². The molecule has 3 heterocycles. The average molecular weight is 732 g/mol. The lowest BCUT2D eigenvalue weighted by Gasteiger charge is -2.32. The number of likely N-dealkylation sites (N-methyl/N-ethyl adjacent to an activating group) is 2. The molecule has 53 heavy (non-hydrogen) atoms. The number of methoxy groups -OCH3 is 1. The fraction of sp³-hybridized carbons (Fsp3) is 0.297. The Labute approximate surface area is 304 Å². The molecule has 0 spiro atoms. The molecule has 16 nitrogen and oxygen atoms in total. The Balaban J connectivity index is 0.000000352. The number of esters is 2. The van der Waals surface area contributed by atoms with Crippen molar-refractivity contribution in [3.8, 4) is 5.88 Å². The van der Waals surface area contributed by atoms with E-state index in [0.717, 1.165) is 42.8 Å². The first-order valence-corrected chi connectivity index (χ1v) is 16.5. The number of amides is 1. The number of fused-ring (bicyclic) bond motifs is 1. The molecule has 6 rings (SSSR count). The van der Waals surface area contributed by atoms with Crippen LogP contribution in [0.25, 0.3) is 10.9 Å². The molecule has 1 fully saturated rings. The van der Waals surface area contributed by atoms with E-state index in [9.17, 15) is 24.6 Å². The van der Waals surface area contributed by atoms with Crippen molar-refractivity contribution in [1.82, 2.24) is 14.8 Å². The third-order valence-corrected chi connectivity index (χ3v) is 8.92. The molecule has 16 heteroatoms. The van der Waals surface area contributed by atoms with Crippen molar-refractivity contribution < 1.29 is 54.5 Å². The summed E-state index contributed by atoms with van der Waals surface area (Å²) in [6.45, 7) is 3.14. The normalized spacial score (nSPS) is 18.7. The van der Waals surface area contributed by atoms with Gasteiger partial charge in [-0.1, -0.05) is 36.4 Å². The van der Waals surface area contributed by atoms with Crippen molar-refractivity contribution in [3.05, 3.63) is 101 Å². The van der Waals surface area contributed by atoms with Gasteiger partial charge < -0.3 is 54.9 Å². The summed E-state index contributed by atoms with van der Waals surface area (Å²) in [4.78, 5) is 49.6. The molecule has 0 saturated carbocycles. The standard InChI is InChI=1S/C31H33N5O4.C6H8O7/c1-34-15-17-36(18-16-34)20-27(37)35(2)24-12-10-23(11-13-24)32-29(21-7-5-4-6-8-21)28-25-14-9-22(31(39)40-3)19-26(25)33-30(28)38;7-1-2(8)6(12)4(10)3(9)5(11)13-6/h4-14,19,33,38H,15-18,20H2,1-3H3;2,7-10,12H,1H2/t;2-,6+/m.0/s1. The van der Waals surface area contributed by atoms with Crippen molar-refractivity contribution in [1.29, 1.82) is 0 Å². The highest BCUT2D eigenvalue weighted by Gasteiger charge is 2.53. The number of cyclic esters (lactones) is 1. The van der Waals surface area contributed by atoms with E-state index in [0.29, 0.717) is 34.6 Å². The van der Waals surface area contributed by atoms with Gasteiger partial charge in [0.25, 0.3) is 0 Å². The minimum atomic E-state index is -2.75. The molecule has 3 aromatic carbocycles. The van der Waals surface area contributed by atoms with Crippen LogP contribution in [0.5, 0.6) is 5.88 Å². The van der Waals surface area contributed by atoms with Crippen LogP contribution in [-0.4, -0.2) is 141 Å². The molecule has 0 radical (unpaired) electrons. The summed E-state index contributed by atoms with van der Waals surface area (Å²) in [5.74, 6) is -6.98. The molecule has 0 bridgehead atoms. The first-order valence-electron chi connectivity index (χ1n) is 16.5. The second-order valence-electron chi connectivity index (χ2n) is 12.5. The SMILES string of the molecule is COC(=O)c1ccc2c(C(=Nc3ccc(N(C)C(=O)CN4CCN(C)CC4)cc3)c3ccccc3)c(O)[nH]c2c1.O=C1O[C@](O)([C@@H](O)CO)C(O)=C1O. The second kappa shape index (κ2) is 16.3. The minimum Gasteiger partial charge on any atom is -0.503 e. The van der Waals surface area contributed by atoms with Crippen molar-refractivity contribution in [2.24, 2.45) is 4.99 Å². The fourth-order valence-corrected chi connectivity index (χ4v) is 5.71. The van der Waals surface area contributed by atoms with Gasteiger partial charge in [0.1, 0.15) is 0 Å². The summed E-state index contributed by atoms with van der Waals surface area (Å²) in [7, 11) is 5.22. The van der Waals surface area contributed by atoms with Gasteiger partial charge in [-0.2, -0.15) is 0 Å². The molecular weight excluding hydrogens is 690 g/mol. The highest BCUT2D eigenvalue weighted by Crippen LogP contribution is 2.33. The maximum absolute atomic E-state index is 12.9. The smallest absolute Gasteiger partial charge is 0.380 e. The minimum absolute atomic E-state index is 0.0424. The number of carbonyl (C=O) groups is 3. The van der Waals surface area contributed by atoms with Crippen molar-refractivity contribution in [2.75, 3.05) is 65.4 Å². The number of ether oxygens (including phenoxy) is 2. The summed E-state index contributed by atoms with van der Waals surface area (Å²) in [6.07, 6.45) is -1.92. The third-order valence-electron chi connectivity index (χ3n) is 8.92. The van der Waals surface area contributed by atoms with E-state index in [1.165, 1.54) is 7.11 Å². The average Bonchev–Trinajstić information content (AvgIpc) is 3.61. The maximum Gasteiger partial charge on any atom is 0.380 e. The van der Waals surface area contributed by atoms with E-state index in [1.54, 1.807) is 30.1 Å². The van der Waals surface area contributed by atoms with E-state index in [4.69, 9.17) is 30.2 Å². The number of benzene rings is 3. The molecule has 280 valence electrons. The van der Waals surface area contributed by atoms with Crippen LogP contribution in [0.3, 0.4) is 0 Å². The van der Waals surface area contributed by atoms with Gasteiger partial charge in [0.15, 0.2) is 12.0 Å². The first kappa shape index (κ1) is 38.5. The molecule has 2 aliphatic rings. The van der Waals surface area contributed by atoms with Gasteiger partial charge in [0.05, 0.1) is 42.8 Å². The number of nitrogens with zero attached hydrogens (tertiary/aromatic N) is 4. The molecule has 0 unspecified atom stereocenters. The number of aliphatic imine (C=N–C) groups is 1. The number of aromatic hydroxyl groups is 1. The quantitative estimate of drug-likeness (QED) is 0.0966. The van der Waals surface area contributed by atoms with E-state index in [1.807, 2.05) is 54.6 Å². The van der Waals surface area contributed by atoms with E-state index in [2.05, 4.69) is 26.6 Å². The Morgan fingerprint density at radius 1 is 1.00 bits per heavy atom. The molecule has 2 aliphatic heterocycles. The van der Waals surface area contributed by atoms with Crippen molar-refractivity contribution in [2.45, 2.75) is 11.9 Å². The summed E-state index contributed by atoms with van der Waals surface area (Å²) >= 11 is 0. The van der Waals surface area contributed by atoms with Crippen LogP contribution in [0.15, 0.2) is 89.3 Å². The first-order chi connectivity index (χ1) is 25.3. The number of aromatic amines is 1. The van der Waals surface area contributed by atoms with Gasteiger partial charge in [-0.15, -0.1) is 0 Å². The largest absolute Gasteiger partial charge is 0.503 e. The molecule has 7 N–H and O–H groups in total. The van der Waals surface area contributed by atoms with Crippen LogP contribution in [0.4, 0.5) is 11.4 Å². The Kier molecular flexibility index (Phi) is 11.8. The lowest BCUT2D eigenvalue weighted by atomic mass is 10.00. The van der Waals surface area contributed by atoms with E-state index >= 15 is 0 Å². The van der Waals surface area contributed by atoms with Gasteiger partial charge in [0, 0.05) is 55.4 Å². The molecule has 1 aromatic heterocycles. The third kappa shape index (κ3) is 8.32. The Morgan fingerprint density at radius 2 is 1.66 bits per heavy atom. The highest BCUT2D eigenvalue weighted by atomic mass is 16.7. The molecule has 0 aliphatic carbocycles. The number of anilines is 1. The van der Waals surface area contributed by atoms with Gasteiger partial charge in [-0.05, 0) is 43.4 Å². The monoisotopic (exact) mass is 731 g/mol. The number of piperazine rings is 1. The topological polar surface area (TPSA) is 229 Å². The van der Waals surface area contributed by atoms with Crippen molar-refractivity contribution in [3.63, 3.8) is 0 Å². The molecule has 4 aromatic rings. The van der Waals surface area contributed by atoms with Gasteiger partial charge in [0.2, 0.25) is 17.4 Å². The van der Waals surface area contributed by atoms with Crippen LogP contribution in [0, 0.1) is 0 Å².